The maximum atomic E-state index is 12.5. The number of rotatable bonds is 4. The zero-order valence-corrected chi connectivity index (χ0v) is 16.0. The first kappa shape index (κ1) is 17.8. The van der Waals surface area contributed by atoms with Crippen LogP contribution in [-0.2, 0) is 17.7 Å². The molecular formula is C18H22N3O2S2+. The minimum absolute atomic E-state index is 0.274. The van der Waals surface area contributed by atoms with Crippen molar-refractivity contribution in [2.75, 3.05) is 30.8 Å². The molecule has 2 aromatic rings. The number of fused-ring (bicyclic) bond motifs is 1. The van der Waals surface area contributed by atoms with E-state index in [0.29, 0.717) is 17.3 Å². The van der Waals surface area contributed by atoms with Gasteiger partial charge in [0.15, 0.2) is 5.11 Å². The number of para-hydroxylation sites is 1. The van der Waals surface area contributed by atoms with Crippen molar-refractivity contribution in [3.63, 3.8) is 0 Å². The molecule has 2 heterocycles. The molecule has 1 aliphatic rings. The number of likely N-dealkylation sites (N-methyl/N-ethyl adjacent to an activating group) is 1. The van der Waals surface area contributed by atoms with Crippen molar-refractivity contribution < 1.29 is 14.4 Å². The van der Waals surface area contributed by atoms with Gasteiger partial charge in [0.2, 0.25) is 0 Å². The first-order valence-electron chi connectivity index (χ1n) is 8.34. The van der Waals surface area contributed by atoms with Crippen molar-refractivity contribution in [3.8, 4) is 0 Å². The molecular weight excluding hydrogens is 354 g/mol. The number of esters is 1. The number of benzene rings is 1. The molecule has 1 aliphatic heterocycles. The van der Waals surface area contributed by atoms with Crippen molar-refractivity contribution >= 4 is 45.3 Å². The second-order valence-electron chi connectivity index (χ2n) is 6.01. The second kappa shape index (κ2) is 7.95. The van der Waals surface area contributed by atoms with Gasteiger partial charge in [-0.3, -0.25) is 0 Å². The van der Waals surface area contributed by atoms with Crippen molar-refractivity contribution in [3.05, 3.63) is 46.3 Å². The topological polar surface area (TPSA) is 54.8 Å². The zero-order valence-electron chi connectivity index (χ0n) is 14.3. The van der Waals surface area contributed by atoms with E-state index < -0.39 is 0 Å². The Kier molecular flexibility index (Phi) is 5.67. The minimum Gasteiger partial charge on any atom is -0.462 e. The molecule has 0 radical (unpaired) electrons. The van der Waals surface area contributed by atoms with Gasteiger partial charge in [-0.05, 0) is 36.8 Å². The van der Waals surface area contributed by atoms with Crippen LogP contribution in [0, 0.1) is 0 Å². The largest absolute Gasteiger partial charge is 0.462 e. The molecule has 0 saturated carbocycles. The van der Waals surface area contributed by atoms with E-state index in [0.717, 1.165) is 35.8 Å². The quantitative estimate of drug-likeness (QED) is 0.565. The summed E-state index contributed by atoms with van der Waals surface area (Å²) in [5, 5.41) is 7.59. The third-order valence-corrected chi connectivity index (χ3v) is 5.44. The molecule has 3 rings (SSSR count). The van der Waals surface area contributed by atoms with Crippen LogP contribution in [0.5, 0.6) is 0 Å². The van der Waals surface area contributed by atoms with Crippen LogP contribution < -0.4 is 15.5 Å². The summed E-state index contributed by atoms with van der Waals surface area (Å²) in [6.07, 6.45) is 0.881. The molecule has 1 aromatic heterocycles. The SMILES string of the molecule is CCOC(=O)c1c(NC(=S)Nc2ccccc2)sc2c1CC[NH+](C)C2. The van der Waals surface area contributed by atoms with Gasteiger partial charge in [-0.1, -0.05) is 18.2 Å². The number of carbonyl (C=O) groups excluding carboxylic acids is 1. The predicted octanol–water partition coefficient (Wildman–Crippen LogP) is 2.30. The summed E-state index contributed by atoms with van der Waals surface area (Å²) >= 11 is 7.02. The molecule has 0 amide bonds. The van der Waals surface area contributed by atoms with Gasteiger partial charge in [-0.2, -0.15) is 0 Å². The Labute approximate surface area is 157 Å². The fraction of sp³-hybridized carbons (Fsp3) is 0.333. The van der Waals surface area contributed by atoms with Crippen LogP contribution in [0.15, 0.2) is 30.3 Å². The van der Waals surface area contributed by atoms with Gasteiger partial charge in [-0.25, -0.2) is 4.79 Å². The third kappa shape index (κ3) is 4.18. The third-order valence-electron chi connectivity index (χ3n) is 4.09. The highest BCUT2D eigenvalue weighted by molar-refractivity contribution is 7.80. The second-order valence-corrected chi connectivity index (χ2v) is 7.52. The van der Waals surface area contributed by atoms with Crippen molar-refractivity contribution in [1.29, 1.82) is 0 Å². The molecule has 0 bridgehead atoms. The Bertz CT molecular complexity index is 774. The molecule has 0 fully saturated rings. The maximum Gasteiger partial charge on any atom is 0.341 e. The molecule has 5 nitrogen and oxygen atoms in total. The normalized spacial score (nSPS) is 16.0. The molecule has 1 aromatic carbocycles. The molecule has 25 heavy (non-hydrogen) atoms. The van der Waals surface area contributed by atoms with Crippen LogP contribution in [0.2, 0.25) is 0 Å². The van der Waals surface area contributed by atoms with Gasteiger partial charge in [-0.15, -0.1) is 11.3 Å². The standard InChI is InChI=1S/C18H21N3O2S2/c1-3-23-17(22)15-13-9-10-21(2)11-14(13)25-16(15)20-18(24)19-12-7-5-4-6-8-12/h4-8H,3,9-11H2,1-2H3,(H2,19,20,24)/p+1. The molecule has 7 heteroatoms. The highest BCUT2D eigenvalue weighted by Gasteiger charge is 2.29. The van der Waals surface area contributed by atoms with Gasteiger partial charge in [0.05, 0.1) is 30.6 Å². The number of nitrogens with one attached hydrogen (secondary N) is 3. The lowest BCUT2D eigenvalue weighted by Gasteiger charge is -2.19. The number of ether oxygens (including phenoxy) is 1. The van der Waals surface area contributed by atoms with Crippen molar-refractivity contribution in [2.24, 2.45) is 0 Å². The van der Waals surface area contributed by atoms with E-state index in [-0.39, 0.29) is 5.97 Å². The summed E-state index contributed by atoms with van der Waals surface area (Å²) in [6.45, 7) is 4.12. The average molecular weight is 377 g/mol. The van der Waals surface area contributed by atoms with Crippen LogP contribution in [0.4, 0.5) is 10.7 Å². The fourth-order valence-corrected chi connectivity index (χ4v) is 4.55. The lowest BCUT2D eigenvalue weighted by Crippen LogP contribution is -3.08. The van der Waals surface area contributed by atoms with E-state index in [4.69, 9.17) is 17.0 Å². The average Bonchev–Trinajstić information content (AvgIpc) is 2.92. The zero-order chi connectivity index (χ0) is 17.8. The van der Waals surface area contributed by atoms with E-state index in [1.807, 2.05) is 37.3 Å². The van der Waals surface area contributed by atoms with Gasteiger partial charge in [0, 0.05) is 12.1 Å². The van der Waals surface area contributed by atoms with E-state index in [1.54, 1.807) is 11.3 Å². The Morgan fingerprint density at radius 3 is 2.80 bits per heavy atom. The molecule has 3 N–H and O–H groups in total. The molecule has 1 unspecified atom stereocenters. The number of thiocarbonyl (C=S) groups is 1. The summed E-state index contributed by atoms with van der Waals surface area (Å²) in [4.78, 5) is 15.2. The first-order chi connectivity index (χ1) is 12.1. The lowest BCUT2D eigenvalue weighted by atomic mass is 10.0. The first-order valence-corrected chi connectivity index (χ1v) is 9.57. The highest BCUT2D eigenvalue weighted by atomic mass is 32.1. The Morgan fingerprint density at radius 2 is 2.08 bits per heavy atom. The smallest absolute Gasteiger partial charge is 0.341 e. The molecule has 0 saturated heterocycles. The van der Waals surface area contributed by atoms with Gasteiger partial charge in [0.1, 0.15) is 11.5 Å². The summed E-state index contributed by atoms with van der Waals surface area (Å²) in [6, 6.07) is 9.72. The van der Waals surface area contributed by atoms with Crippen LogP contribution in [0.25, 0.3) is 0 Å². The monoisotopic (exact) mass is 376 g/mol. The number of hydrogen-bond acceptors (Lipinski definition) is 4. The van der Waals surface area contributed by atoms with Crippen molar-refractivity contribution in [2.45, 2.75) is 19.9 Å². The number of hydrogen-bond donors (Lipinski definition) is 3. The Balaban J connectivity index is 1.84. The minimum atomic E-state index is -0.274. The van der Waals surface area contributed by atoms with Crippen LogP contribution in [-0.4, -0.2) is 31.3 Å². The maximum absolute atomic E-state index is 12.5. The Morgan fingerprint density at radius 1 is 1.32 bits per heavy atom. The number of anilines is 2. The van der Waals surface area contributed by atoms with E-state index in [1.165, 1.54) is 9.78 Å². The van der Waals surface area contributed by atoms with Crippen LogP contribution >= 0.6 is 23.6 Å². The molecule has 132 valence electrons. The number of carbonyl (C=O) groups is 1. The summed E-state index contributed by atoms with van der Waals surface area (Å²) < 4.78 is 5.28. The summed E-state index contributed by atoms with van der Waals surface area (Å²) in [7, 11) is 2.17. The lowest BCUT2D eigenvalue weighted by molar-refractivity contribution is -0.895. The van der Waals surface area contributed by atoms with Gasteiger partial charge >= 0.3 is 5.97 Å². The number of thiophene rings is 1. The predicted molar refractivity (Wildman–Crippen MR) is 106 cm³/mol. The van der Waals surface area contributed by atoms with Crippen molar-refractivity contribution in [1.82, 2.24) is 0 Å². The van der Waals surface area contributed by atoms with E-state index in [9.17, 15) is 4.79 Å². The fourth-order valence-electron chi connectivity index (χ4n) is 2.91. The Hall–Kier alpha value is -1.96. The van der Waals surface area contributed by atoms with Gasteiger partial charge in [0.25, 0.3) is 0 Å². The van der Waals surface area contributed by atoms with Crippen LogP contribution in [0.3, 0.4) is 0 Å². The van der Waals surface area contributed by atoms with Crippen LogP contribution in [0.1, 0.15) is 27.7 Å². The molecule has 1 atom stereocenters. The summed E-state index contributed by atoms with van der Waals surface area (Å²) in [5.74, 6) is -0.274. The van der Waals surface area contributed by atoms with E-state index in [2.05, 4.69) is 17.7 Å². The highest BCUT2D eigenvalue weighted by Crippen LogP contribution is 2.35. The van der Waals surface area contributed by atoms with Gasteiger partial charge < -0.3 is 20.3 Å². The molecule has 0 spiro atoms. The molecule has 0 aliphatic carbocycles. The summed E-state index contributed by atoms with van der Waals surface area (Å²) in [5.41, 5.74) is 2.66. The number of quaternary nitrogens is 1. The van der Waals surface area contributed by atoms with E-state index >= 15 is 0 Å².